The van der Waals surface area contributed by atoms with Crippen LogP contribution in [0.25, 0.3) is 0 Å². The molecular formula is C13H10Cl2O2S3. The van der Waals surface area contributed by atoms with Crippen molar-refractivity contribution in [2.45, 2.75) is 20.8 Å². The van der Waals surface area contributed by atoms with E-state index in [1.807, 2.05) is 11.4 Å². The fraction of sp³-hybridized carbons (Fsp3) is 0.231. The van der Waals surface area contributed by atoms with Gasteiger partial charge in [0.25, 0.3) is 0 Å². The van der Waals surface area contributed by atoms with Crippen LogP contribution in [0.4, 0.5) is 0 Å². The average molecular weight is 365 g/mol. The monoisotopic (exact) mass is 364 g/mol. The first-order valence-corrected chi connectivity index (χ1v) is 10.1. The van der Waals surface area contributed by atoms with Crippen molar-refractivity contribution in [3.05, 3.63) is 45.3 Å². The highest BCUT2D eigenvalue weighted by Gasteiger charge is 2.32. The summed E-state index contributed by atoms with van der Waals surface area (Å²) in [5.41, 5.74) is 0.877. The van der Waals surface area contributed by atoms with Gasteiger partial charge in [-0.3, -0.25) is 0 Å². The molecule has 20 heavy (non-hydrogen) atoms. The number of halogens is 2. The third-order valence-corrected chi connectivity index (χ3v) is 8.77. The van der Waals surface area contributed by atoms with Crippen molar-refractivity contribution in [2.75, 3.05) is 5.75 Å². The highest BCUT2D eigenvalue weighted by Crippen LogP contribution is 2.49. The Morgan fingerprint density at radius 3 is 2.60 bits per heavy atom. The first kappa shape index (κ1) is 14.7. The number of thioether (sulfide) groups is 1. The van der Waals surface area contributed by atoms with E-state index < -0.39 is 9.84 Å². The summed E-state index contributed by atoms with van der Waals surface area (Å²) >= 11 is 15.2. The van der Waals surface area contributed by atoms with Gasteiger partial charge in [-0.2, -0.15) is 0 Å². The van der Waals surface area contributed by atoms with Gasteiger partial charge in [0, 0.05) is 10.1 Å². The third kappa shape index (κ3) is 2.62. The van der Waals surface area contributed by atoms with Gasteiger partial charge in [0.1, 0.15) is 4.21 Å². The lowest BCUT2D eigenvalue weighted by molar-refractivity contribution is 0.588. The largest absolute Gasteiger partial charge is 0.223 e. The van der Waals surface area contributed by atoms with Crippen molar-refractivity contribution in [3.8, 4) is 0 Å². The lowest BCUT2D eigenvalue weighted by Gasteiger charge is -2.22. The molecule has 7 heteroatoms. The smallest absolute Gasteiger partial charge is 0.188 e. The molecule has 106 valence electrons. The van der Waals surface area contributed by atoms with Crippen molar-refractivity contribution >= 4 is 56.1 Å². The molecule has 1 atom stereocenters. The van der Waals surface area contributed by atoms with Crippen LogP contribution in [-0.2, 0) is 9.84 Å². The van der Waals surface area contributed by atoms with Crippen molar-refractivity contribution in [1.29, 1.82) is 0 Å². The fourth-order valence-electron chi connectivity index (χ4n) is 2.17. The normalized spacial score (nSPS) is 20.6. The molecule has 0 amide bonds. The van der Waals surface area contributed by atoms with E-state index in [1.165, 1.54) is 11.3 Å². The molecule has 0 aliphatic carbocycles. The minimum atomic E-state index is -3.10. The van der Waals surface area contributed by atoms with Crippen LogP contribution in [0.2, 0.25) is 10.0 Å². The standard InChI is InChI=1S/C13H10Cl2O2S3/c14-9-2-1-3-10(15)12(9)19-11-5-7-20(16,17)13-8(11)4-6-18-13/h1-4,6,11H,5,7H2. The number of benzene rings is 1. The van der Waals surface area contributed by atoms with Gasteiger partial charge >= 0.3 is 0 Å². The van der Waals surface area contributed by atoms with Gasteiger partial charge in [-0.25, -0.2) is 8.42 Å². The summed E-state index contributed by atoms with van der Waals surface area (Å²) in [5.74, 6) is 0.181. The second-order valence-electron chi connectivity index (χ2n) is 4.43. The molecule has 0 saturated heterocycles. The zero-order chi connectivity index (χ0) is 14.3. The van der Waals surface area contributed by atoms with Gasteiger partial charge in [0.15, 0.2) is 9.84 Å². The van der Waals surface area contributed by atoms with E-state index in [9.17, 15) is 8.42 Å². The SMILES string of the molecule is O=S1(=O)CCC(Sc2c(Cl)cccc2Cl)c2ccsc21. The van der Waals surface area contributed by atoms with Crippen LogP contribution in [-0.4, -0.2) is 14.2 Å². The van der Waals surface area contributed by atoms with Gasteiger partial charge in [0.2, 0.25) is 0 Å². The van der Waals surface area contributed by atoms with Crippen LogP contribution >= 0.6 is 46.3 Å². The molecule has 1 unspecified atom stereocenters. The van der Waals surface area contributed by atoms with E-state index in [2.05, 4.69) is 0 Å². The predicted octanol–water partition coefficient (Wildman–Crippen LogP) is 5.07. The summed E-state index contributed by atoms with van der Waals surface area (Å²) in [6.07, 6.45) is 0.582. The Morgan fingerprint density at radius 2 is 1.90 bits per heavy atom. The molecule has 0 N–H and O–H groups in total. The first-order chi connectivity index (χ1) is 9.49. The van der Waals surface area contributed by atoms with Gasteiger partial charge in [0.05, 0.1) is 15.8 Å². The van der Waals surface area contributed by atoms with E-state index >= 15 is 0 Å². The van der Waals surface area contributed by atoms with Crippen molar-refractivity contribution in [1.82, 2.24) is 0 Å². The number of sulfone groups is 1. The van der Waals surface area contributed by atoms with Crippen LogP contribution < -0.4 is 0 Å². The minimum absolute atomic E-state index is 0.0807. The Balaban J connectivity index is 1.98. The number of hydrogen-bond acceptors (Lipinski definition) is 4. The molecular weight excluding hydrogens is 355 g/mol. The minimum Gasteiger partial charge on any atom is -0.223 e. The quantitative estimate of drug-likeness (QED) is 0.746. The van der Waals surface area contributed by atoms with Gasteiger partial charge in [-0.05, 0) is 35.6 Å². The van der Waals surface area contributed by atoms with Gasteiger partial charge in [-0.1, -0.05) is 29.3 Å². The summed E-state index contributed by atoms with van der Waals surface area (Å²) in [6.45, 7) is 0. The topological polar surface area (TPSA) is 34.1 Å². The molecule has 1 aromatic carbocycles. The maximum Gasteiger partial charge on any atom is 0.188 e. The van der Waals surface area contributed by atoms with Crippen molar-refractivity contribution in [2.24, 2.45) is 0 Å². The molecule has 0 fully saturated rings. The van der Waals surface area contributed by atoms with Crippen LogP contribution in [0.5, 0.6) is 0 Å². The second-order valence-corrected chi connectivity index (χ2v) is 9.68. The molecule has 3 rings (SSSR count). The number of hydrogen-bond donors (Lipinski definition) is 0. The molecule has 1 aliphatic rings. The number of thiophene rings is 1. The van der Waals surface area contributed by atoms with E-state index in [-0.39, 0.29) is 11.0 Å². The molecule has 1 aliphatic heterocycles. The van der Waals surface area contributed by atoms with Crippen molar-refractivity contribution in [3.63, 3.8) is 0 Å². The highest BCUT2D eigenvalue weighted by molar-refractivity contribution is 8.00. The maximum absolute atomic E-state index is 12.0. The molecule has 0 bridgehead atoms. The van der Waals surface area contributed by atoms with E-state index in [4.69, 9.17) is 23.2 Å². The summed E-state index contributed by atoms with van der Waals surface area (Å²) in [5, 5.41) is 3.12. The second kappa shape index (κ2) is 5.54. The fourth-order valence-corrected chi connectivity index (χ4v) is 7.32. The predicted molar refractivity (Wildman–Crippen MR) is 86.0 cm³/mol. The molecule has 0 spiro atoms. The lowest BCUT2D eigenvalue weighted by atomic mass is 10.2. The van der Waals surface area contributed by atoms with Crippen LogP contribution in [0, 0.1) is 0 Å². The molecule has 0 radical (unpaired) electrons. The number of rotatable bonds is 2. The summed E-state index contributed by atoms with van der Waals surface area (Å²) in [7, 11) is -3.10. The van der Waals surface area contributed by atoms with Gasteiger partial charge < -0.3 is 0 Å². The Bertz CT molecular complexity index is 732. The molecule has 1 aromatic heterocycles. The molecule has 2 heterocycles. The Morgan fingerprint density at radius 1 is 1.20 bits per heavy atom. The molecule has 0 saturated carbocycles. The van der Waals surface area contributed by atoms with E-state index in [1.54, 1.807) is 30.0 Å². The van der Waals surface area contributed by atoms with E-state index in [0.717, 1.165) is 10.5 Å². The Hall–Kier alpha value is -0.200. The zero-order valence-electron chi connectivity index (χ0n) is 10.2. The third-order valence-electron chi connectivity index (χ3n) is 3.12. The zero-order valence-corrected chi connectivity index (χ0v) is 14.1. The van der Waals surface area contributed by atoms with Crippen molar-refractivity contribution < 1.29 is 8.42 Å². The summed E-state index contributed by atoms with van der Waals surface area (Å²) in [4.78, 5) is 0.817. The summed E-state index contributed by atoms with van der Waals surface area (Å²) in [6, 6.07) is 7.28. The maximum atomic E-state index is 12.0. The molecule has 2 nitrogen and oxygen atoms in total. The van der Waals surface area contributed by atoms with Crippen LogP contribution in [0.3, 0.4) is 0 Å². The summed E-state index contributed by atoms with van der Waals surface area (Å²) < 4.78 is 24.5. The lowest BCUT2D eigenvalue weighted by Crippen LogP contribution is -2.16. The number of fused-ring (bicyclic) bond motifs is 1. The van der Waals surface area contributed by atoms with Crippen LogP contribution in [0.1, 0.15) is 17.2 Å². The first-order valence-electron chi connectivity index (χ1n) is 5.90. The van der Waals surface area contributed by atoms with Gasteiger partial charge in [-0.15, -0.1) is 23.1 Å². The van der Waals surface area contributed by atoms with Crippen LogP contribution in [0.15, 0.2) is 38.8 Å². The highest BCUT2D eigenvalue weighted by atomic mass is 35.5. The Kier molecular flexibility index (Phi) is 4.08. The molecule has 2 aromatic rings. The average Bonchev–Trinajstić information content (AvgIpc) is 2.87. The van der Waals surface area contributed by atoms with E-state index in [0.29, 0.717) is 20.7 Å². The Labute approximate surface area is 136 Å².